The standard InChI is InChI=1S/C27H44F3N7OS/c1-25(2)14-18-15-31-20-4-3-5-23(33-20)39-32-16-19-6-7-21(34-24(19)36(25)17-18)37-12-8-22(35-37)38-13-11-26(9-10-26)27(28,29)30/h8,12,18-21,23-24,31-34H,3-7,9-11,13-17H2,1-2H3. The molecule has 5 heterocycles. The van der Waals surface area contributed by atoms with E-state index in [9.17, 15) is 13.2 Å². The van der Waals surface area contributed by atoms with Gasteiger partial charge in [0, 0.05) is 43.4 Å². The molecule has 0 amide bonds. The summed E-state index contributed by atoms with van der Waals surface area (Å²) >= 11 is 1.84. The summed E-state index contributed by atoms with van der Waals surface area (Å²) in [6.45, 7) is 7.79. The quantitative estimate of drug-likeness (QED) is 0.392. The van der Waals surface area contributed by atoms with Crippen LogP contribution < -0.4 is 25.4 Å². The lowest BCUT2D eigenvalue weighted by molar-refractivity contribution is -0.190. The maximum absolute atomic E-state index is 13.2. The van der Waals surface area contributed by atoms with E-state index < -0.39 is 11.6 Å². The highest BCUT2D eigenvalue weighted by molar-refractivity contribution is 7.98. The molecular weight excluding hydrogens is 527 g/mol. The van der Waals surface area contributed by atoms with Gasteiger partial charge in [-0.25, -0.2) is 0 Å². The maximum atomic E-state index is 13.2. The Kier molecular flexibility index (Phi) is 7.91. The molecule has 4 saturated heterocycles. The number of ether oxygens (including phenoxy) is 1. The lowest BCUT2D eigenvalue weighted by Gasteiger charge is -2.47. The largest absolute Gasteiger partial charge is 0.477 e. The molecule has 1 aliphatic carbocycles. The van der Waals surface area contributed by atoms with Gasteiger partial charge in [-0.05, 0) is 77.6 Å². The molecule has 7 unspecified atom stereocenters. The molecule has 0 spiro atoms. The Labute approximate surface area is 234 Å². The lowest BCUT2D eigenvalue weighted by Crippen LogP contribution is -2.60. The van der Waals surface area contributed by atoms with Gasteiger partial charge in [0.2, 0.25) is 5.88 Å². The third kappa shape index (κ3) is 6.11. The second-order valence-corrected chi connectivity index (χ2v) is 14.1. The molecule has 7 atom stereocenters. The molecule has 39 heavy (non-hydrogen) atoms. The zero-order chi connectivity index (χ0) is 27.3. The fourth-order valence-corrected chi connectivity index (χ4v) is 8.25. The maximum Gasteiger partial charge on any atom is 0.394 e. The Morgan fingerprint density at radius 1 is 1.13 bits per heavy atom. The Balaban J connectivity index is 1.12. The molecule has 8 nitrogen and oxygen atoms in total. The third-order valence-corrected chi connectivity index (χ3v) is 10.7. The first-order valence-electron chi connectivity index (χ1n) is 14.8. The molecule has 6 rings (SSSR count). The Hall–Kier alpha value is -1.05. The SMILES string of the molecule is CC1(C)CC2CNC3CCCC(N3)SNCC3CCC(n4ccc(OCCC5(C(F)(F)F)CC5)n4)NC3N1C2. The van der Waals surface area contributed by atoms with Gasteiger partial charge in [-0.1, -0.05) is 11.9 Å². The Morgan fingerprint density at radius 3 is 2.77 bits per heavy atom. The van der Waals surface area contributed by atoms with Gasteiger partial charge in [0.25, 0.3) is 0 Å². The molecule has 5 aliphatic rings. The van der Waals surface area contributed by atoms with Crippen molar-refractivity contribution in [2.24, 2.45) is 17.3 Å². The molecule has 1 aromatic heterocycles. The van der Waals surface area contributed by atoms with Gasteiger partial charge in [-0.3, -0.25) is 24.9 Å². The fraction of sp³-hybridized carbons (Fsp3) is 0.889. The van der Waals surface area contributed by atoms with E-state index in [1.54, 1.807) is 6.07 Å². The van der Waals surface area contributed by atoms with Crippen molar-refractivity contribution in [3.63, 3.8) is 0 Å². The van der Waals surface area contributed by atoms with Crippen LogP contribution in [0.1, 0.15) is 77.8 Å². The first-order valence-corrected chi connectivity index (χ1v) is 15.7. The van der Waals surface area contributed by atoms with Gasteiger partial charge in [0.15, 0.2) is 0 Å². The average molecular weight is 572 g/mol. The second kappa shape index (κ2) is 11.0. The van der Waals surface area contributed by atoms with E-state index >= 15 is 0 Å². The van der Waals surface area contributed by atoms with Crippen LogP contribution in [-0.4, -0.2) is 70.3 Å². The number of fused-ring (bicyclic) bond motifs is 6. The van der Waals surface area contributed by atoms with E-state index in [1.165, 1.54) is 19.3 Å². The van der Waals surface area contributed by atoms with Crippen molar-refractivity contribution in [2.45, 2.75) is 107 Å². The van der Waals surface area contributed by atoms with Crippen molar-refractivity contribution in [3.05, 3.63) is 12.3 Å². The van der Waals surface area contributed by atoms with Crippen molar-refractivity contribution in [1.29, 1.82) is 0 Å². The summed E-state index contributed by atoms with van der Waals surface area (Å²) < 4.78 is 51.0. The number of hydrogen-bond donors (Lipinski definition) is 4. The van der Waals surface area contributed by atoms with Crippen molar-refractivity contribution < 1.29 is 17.9 Å². The minimum Gasteiger partial charge on any atom is -0.477 e. The monoisotopic (exact) mass is 571 g/mol. The molecule has 12 heteroatoms. The fourth-order valence-electron chi connectivity index (χ4n) is 7.22. The van der Waals surface area contributed by atoms with Crippen molar-refractivity contribution in [2.75, 3.05) is 26.2 Å². The normalized spacial score (nSPS) is 38.1. The summed E-state index contributed by atoms with van der Waals surface area (Å²) in [5, 5.41) is 16.6. The van der Waals surface area contributed by atoms with Crippen LogP contribution in [-0.2, 0) is 0 Å². The summed E-state index contributed by atoms with van der Waals surface area (Å²) in [7, 11) is 0. The zero-order valence-corrected chi connectivity index (χ0v) is 23.9. The molecule has 0 aromatic carbocycles. The van der Waals surface area contributed by atoms with E-state index in [1.807, 2.05) is 22.8 Å². The van der Waals surface area contributed by atoms with Gasteiger partial charge in [-0.15, -0.1) is 5.10 Å². The first kappa shape index (κ1) is 28.1. The third-order valence-electron chi connectivity index (χ3n) is 9.74. The van der Waals surface area contributed by atoms with Crippen LogP contribution in [0.3, 0.4) is 0 Å². The van der Waals surface area contributed by atoms with Crippen LogP contribution in [0.5, 0.6) is 5.88 Å². The van der Waals surface area contributed by atoms with E-state index in [4.69, 9.17) is 4.74 Å². The number of nitrogens with zero attached hydrogens (tertiary/aromatic N) is 3. The van der Waals surface area contributed by atoms with Crippen LogP contribution in [0.15, 0.2) is 12.3 Å². The number of rotatable bonds is 5. The zero-order valence-electron chi connectivity index (χ0n) is 23.1. The summed E-state index contributed by atoms with van der Waals surface area (Å²) in [6.07, 6.45) is 5.56. The van der Waals surface area contributed by atoms with E-state index in [-0.39, 0.29) is 43.7 Å². The highest BCUT2D eigenvalue weighted by Crippen LogP contribution is 2.59. The molecule has 220 valence electrons. The first-order chi connectivity index (χ1) is 18.6. The summed E-state index contributed by atoms with van der Waals surface area (Å²) in [5.41, 5.74) is -1.46. The molecule has 5 fully saturated rings. The summed E-state index contributed by atoms with van der Waals surface area (Å²) in [6, 6.07) is 1.77. The van der Waals surface area contributed by atoms with Gasteiger partial charge >= 0.3 is 6.18 Å². The van der Waals surface area contributed by atoms with Crippen LogP contribution in [0.4, 0.5) is 13.2 Å². The predicted molar refractivity (Wildman–Crippen MR) is 146 cm³/mol. The van der Waals surface area contributed by atoms with E-state index in [0.717, 1.165) is 38.9 Å². The van der Waals surface area contributed by atoms with Crippen molar-refractivity contribution >= 4 is 11.9 Å². The van der Waals surface area contributed by atoms with Crippen molar-refractivity contribution in [1.82, 2.24) is 35.4 Å². The number of halogens is 3. The average Bonchev–Trinajstić information content (AvgIpc) is 3.44. The van der Waals surface area contributed by atoms with Gasteiger partial charge in [0.05, 0.1) is 29.7 Å². The van der Waals surface area contributed by atoms with E-state index in [2.05, 4.69) is 44.5 Å². The Morgan fingerprint density at radius 2 is 1.97 bits per heavy atom. The van der Waals surface area contributed by atoms with Crippen molar-refractivity contribution in [3.8, 4) is 5.88 Å². The minimum absolute atomic E-state index is 0.00298. The second-order valence-electron chi connectivity index (χ2n) is 13.0. The minimum atomic E-state index is -4.15. The predicted octanol–water partition coefficient (Wildman–Crippen LogP) is 4.19. The summed E-state index contributed by atoms with van der Waals surface area (Å²) in [5.74, 6) is 1.46. The number of piperidine rings is 2. The molecule has 4 bridgehead atoms. The van der Waals surface area contributed by atoms with Gasteiger partial charge < -0.3 is 10.1 Å². The van der Waals surface area contributed by atoms with E-state index in [0.29, 0.717) is 29.3 Å². The summed E-state index contributed by atoms with van der Waals surface area (Å²) in [4.78, 5) is 2.67. The number of aromatic nitrogens is 2. The number of hydrogen-bond acceptors (Lipinski definition) is 8. The number of alkyl halides is 3. The highest BCUT2D eigenvalue weighted by atomic mass is 32.2. The molecule has 4 aliphatic heterocycles. The van der Waals surface area contributed by atoms with Crippen LogP contribution >= 0.6 is 11.9 Å². The number of nitrogens with one attached hydrogen (secondary N) is 4. The lowest BCUT2D eigenvalue weighted by atomic mass is 9.90. The van der Waals surface area contributed by atoms with Crippen LogP contribution in [0.2, 0.25) is 0 Å². The van der Waals surface area contributed by atoms with Crippen LogP contribution in [0, 0.1) is 17.3 Å². The van der Waals surface area contributed by atoms with Gasteiger partial charge in [0.1, 0.15) is 6.17 Å². The Bertz CT molecular complexity index is 987. The molecular formula is C27H44F3N7OS. The molecule has 1 aromatic rings. The van der Waals surface area contributed by atoms with Gasteiger partial charge in [-0.2, -0.15) is 13.2 Å². The topological polar surface area (TPSA) is 78.4 Å². The molecule has 0 radical (unpaired) electrons. The smallest absolute Gasteiger partial charge is 0.394 e. The molecule has 4 N–H and O–H groups in total. The van der Waals surface area contributed by atoms with Crippen LogP contribution in [0.25, 0.3) is 0 Å². The highest BCUT2D eigenvalue weighted by Gasteiger charge is 2.62. The molecule has 1 saturated carbocycles.